The summed E-state index contributed by atoms with van der Waals surface area (Å²) in [7, 11) is 0. The molecule has 2 amide bonds. The van der Waals surface area contributed by atoms with E-state index in [2.05, 4.69) is 16.0 Å². The van der Waals surface area contributed by atoms with E-state index in [1.165, 1.54) is 0 Å². The normalized spacial score (nSPS) is 21.0. The average Bonchev–Trinajstić information content (AvgIpc) is 2.67. The number of carbonyl (C=O) groups excluding carboxylic acids is 2. The molecule has 0 saturated carbocycles. The first-order chi connectivity index (χ1) is 12.1. The third kappa shape index (κ3) is 3.90. The Labute approximate surface area is 147 Å². The van der Waals surface area contributed by atoms with Crippen molar-refractivity contribution < 1.29 is 9.59 Å². The number of amides is 2. The Bertz CT molecular complexity index is 674. The van der Waals surface area contributed by atoms with Gasteiger partial charge in [-0.3, -0.25) is 9.59 Å². The third-order valence-corrected chi connectivity index (χ3v) is 5.01. The second-order valence-corrected chi connectivity index (χ2v) is 6.63. The first kappa shape index (κ1) is 17.2. The number of piperazine rings is 1. The number of piperidine rings is 1. The van der Waals surface area contributed by atoms with Gasteiger partial charge in [-0.2, -0.15) is 5.26 Å². The van der Waals surface area contributed by atoms with Crippen LogP contribution in [0, 0.1) is 17.2 Å². The van der Waals surface area contributed by atoms with Crippen LogP contribution in [0.4, 0.5) is 5.82 Å². The Morgan fingerprint density at radius 1 is 1.16 bits per heavy atom. The van der Waals surface area contributed by atoms with Crippen molar-refractivity contribution in [2.75, 3.05) is 44.2 Å². The van der Waals surface area contributed by atoms with Crippen LogP contribution in [-0.2, 0) is 9.59 Å². The Kier molecular flexibility index (Phi) is 5.17. The maximum atomic E-state index is 12.8. The lowest BCUT2D eigenvalue weighted by Gasteiger charge is -2.39. The fourth-order valence-electron chi connectivity index (χ4n) is 3.52. The predicted molar refractivity (Wildman–Crippen MR) is 92.7 cm³/mol. The molecule has 25 heavy (non-hydrogen) atoms. The van der Waals surface area contributed by atoms with Crippen molar-refractivity contribution in [1.82, 2.24) is 14.8 Å². The first-order valence-electron chi connectivity index (χ1n) is 8.74. The fraction of sp³-hybridized carbons (Fsp3) is 0.556. The van der Waals surface area contributed by atoms with Gasteiger partial charge in [-0.05, 0) is 25.0 Å². The van der Waals surface area contributed by atoms with Gasteiger partial charge in [-0.1, -0.05) is 0 Å². The van der Waals surface area contributed by atoms with E-state index >= 15 is 0 Å². The molecule has 3 heterocycles. The molecule has 0 aromatic carbocycles. The Hall–Kier alpha value is -2.62. The lowest BCUT2D eigenvalue weighted by Crippen LogP contribution is -2.53. The minimum absolute atomic E-state index is 0.0502. The van der Waals surface area contributed by atoms with Crippen molar-refractivity contribution in [3.8, 4) is 6.07 Å². The monoisotopic (exact) mass is 341 g/mol. The lowest BCUT2D eigenvalue weighted by atomic mass is 9.96. The molecule has 132 valence electrons. The van der Waals surface area contributed by atoms with Crippen molar-refractivity contribution in [2.24, 2.45) is 5.92 Å². The van der Waals surface area contributed by atoms with Crippen LogP contribution < -0.4 is 4.90 Å². The largest absolute Gasteiger partial charge is 0.353 e. The molecule has 0 unspecified atom stereocenters. The first-order valence-corrected chi connectivity index (χ1v) is 8.74. The second kappa shape index (κ2) is 7.51. The molecule has 0 spiro atoms. The maximum Gasteiger partial charge on any atom is 0.227 e. The highest BCUT2D eigenvalue weighted by Crippen LogP contribution is 2.21. The van der Waals surface area contributed by atoms with Gasteiger partial charge >= 0.3 is 0 Å². The summed E-state index contributed by atoms with van der Waals surface area (Å²) < 4.78 is 0. The third-order valence-electron chi connectivity index (χ3n) is 5.01. The molecular formula is C18H23N5O2. The minimum atomic E-state index is -0.0720. The number of hydrogen-bond acceptors (Lipinski definition) is 5. The summed E-state index contributed by atoms with van der Waals surface area (Å²) in [5.41, 5.74) is 0.546. The maximum absolute atomic E-state index is 12.8. The second-order valence-electron chi connectivity index (χ2n) is 6.63. The molecule has 2 aliphatic rings. The summed E-state index contributed by atoms with van der Waals surface area (Å²) in [6.07, 6.45) is 3.33. The summed E-state index contributed by atoms with van der Waals surface area (Å²) >= 11 is 0. The predicted octanol–water partition coefficient (Wildman–Crippen LogP) is 0.860. The highest BCUT2D eigenvalue weighted by molar-refractivity contribution is 5.81. The van der Waals surface area contributed by atoms with E-state index in [4.69, 9.17) is 5.26 Å². The summed E-state index contributed by atoms with van der Waals surface area (Å²) in [5.74, 6) is 0.983. The van der Waals surface area contributed by atoms with Gasteiger partial charge in [0.25, 0.3) is 0 Å². The van der Waals surface area contributed by atoms with Gasteiger partial charge in [0.05, 0.1) is 11.5 Å². The van der Waals surface area contributed by atoms with Crippen LogP contribution in [0.2, 0.25) is 0 Å². The summed E-state index contributed by atoms with van der Waals surface area (Å²) in [5, 5.41) is 8.84. The van der Waals surface area contributed by atoms with Crippen molar-refractivity contribution in [2.45, 2.75) is 19.8 Å². The highest BCUT2D eigenvalue weighted by atomic mass is 16.2. The molecule has 1 aromatic rings. The number of nitrogens with zero attached hydrogens (tertiary/aromatic N) is 5. The van der Waals surface area contributed by atoms with E-state index < -0.39 is 0 Å². The molecule has 2 fully saturated rings. The Morgan fingerprint density at radius 2 is 1.92 bits per heavy atom. The number of anilines is 1. The molecule has 0 radical (unpaired) electrons. The molecule has 7 nitrogen and oxygen atoms in total. The van der Waals surface area contributed by atoms with Gasteiger partial charge in [-0.25, -0.2) is 4.98 Å². The molecule has 0 N–H and O–H groups in total. The zero-order chi connectivity index (χ0) is 17.8. The number of pyridine rings is 1. The number of hydrogen-bond donors (Lipinski definition) is 0. The Morgan fingerprint density at radius 3 is 2.52 bits per heavy atom. The van der Waals surface area contributed by atoms with Crippen LogP contribution in [0.3, 0.4) is 0 Å². The van der Waals surface area contributed by atoms with Gasteiger partial charge in [0.1, 0.15) is 11.9 Å². The van der Waals surface area contributed by atoms with E-state index in [0.29, 0.717) is 25.2 Å². The van der Waals surface area contributed by atoms with Crippen molar-refractivity contribution >= 4 is 17.6 Å². The van der Waals surface area contributed by atoms with Gasteiger partial charge in [0.15, 0.2) is 0 Å². The zero-order valence-electron chi connectivity index (χ0n) is 14.5. The molecule has 3 rings (SSSR count). The van der Waals surface area contributed by atoms with Crippen LogP contribution in [0.5, 0.6) is 0 Å². The van der Waals surface area contributed by atoms with E-state index in [1.54, 1.807) is 24.1 Å². The number of nitriles is 1. The summed E-state index contributed by atoms with van der Waals surface area (Å²) in [4.78, 5) is 34.5. The van der Waals surface area contributed by atoms with Crippen LogP contribution in [-0.4, -0.2) is 65.9 Å². The van der Waals surface area contributed by atoms with Gasteiger partial charge in [0, 0.05) is 52.4 Å². The van der Waals surface area contributed by atoms with E-state index in [0.717, 1.165) is 38.3 Å². The summed E-state index contributed by atoms with van der Waals surface area (Å²) in [6.45, 7) is 5.66. The molecule has 1 aromatic heterocycles. The number of likely N-dealkylation sites (tertiary alicyclic amines) is 1. The zero-order valence-corrected chi connectivity index (χ0v) is 14.5. The van der Waals surface area contributed by atoms with Crippen molar-refractivity contribution in [3.05, 3.63) is 23.9 Å². The van der Waals surface area contributed by atoms with Crippen LogP contribution >= 0.6 is 0 Å². The number of rotatable bonds is 2. The summed E-state index contributed by atoms with van der Waals surface area (Å²) in [6, 6.07) is 5.68. The van der Waals surface area contributed by atoms with Crippen molar-refractivity contribution in [3.63, 3.8) is 0 Å². The van der Waals surface area contributed by atoms with E-state index in [9.17, 15) is 9.59 Å². The molecule has 2 aliphatic heterocycles. The Balaban J connectivity index is 1.55. The fourth-order valence-corrected chi connectivity index (χ4v) is 3.52. The van der Waals surface area contributed by atoms with Crippen molar-refractivity contribution in [1.29, 1.82) is 5.26 Å². The SMILES string of the molecule is CC(=O)N1CCC[C@@H](C(=O)N2CCN(c3ccc(C#N)cn3)CC2)C1. The average molecular weight is 341 g/mol. The number of carbonyl (C=O) groups is 2. The van der Waals surface area contributed by atoms with E-state index in [1.807, 2.05) is 11.0 Å². The van der Waals surface area contributed by atoms with E-state index in [-0.39, 0.29) is 17.7 Å². The topological polar surface area (TPSA) is 80.5 Å². The molecule has 0 aliphatic carbocycles. The highest BCUT2D eigenvalue weighted by Gasteiger charge is 2.31. The minimum Gasteiger partial charge on any atom is -0.353 e. The lowest BCUT2D eigenvalue weighted by molar-refractivity contribution is -0.140. The smallest absolute Gasteiger partial charge is 0.227 e. The van der Waals surface area contributed by atoms with Gasteiger partial charge < -0.3 is 14.7 Å². The van der Waals surface area contributed by atoms with Crippen LogP contribution in [0.25, 0.3) is 0 Å². The molecule has 1 atom stereocenters. The van der Waals surface area contributed by atoms with Crippen LogP contribution in [0.1, 0.15) is 25.3 Å². The van der Waals surface area contributed by atoms with Crippen LogP contribution in [0.15, 0.2) is 18.3 Å². The molecule has 0 bridgehead atoms. The van der Waals surface area contributed by atoms with Gasteiger partial charge in [0.2, 0.25) is 11.8 Å². The number of aromatic nitrogens is 1. The molecular weight excluding hydrogens is 318 g/mol. The molecule has 7 heteroatoms. The van der Waals surface area contributed by atoms with Gasteiger partial charge in [-0.15, -0.1) is 0 Å². The molecule has 2 saturated heterocycles. The quantitative estimate of drug-likeness (QED) is 0.797. The standard InChI is InChI=1S/C18H23N5O2/c1-14(24)23-6-2-3-16(13-23)18(25)22-9-7-21(8-10-22)17-5-4-15(11-19)12-20-17/h4-5,12,16H,2-3,6-10,13H2,1H3/t16-/m1/s1.